The SMILES string of the molecule is CC(=O)Nc1cc(NC(C)=O)cc(C(=O)OC(C)C(=O)Nc2c(F)cccc2F)c1. The Morgan fingerprint density at radius 3 is 1.83 bits per heavy atom. The minimum absolute atomic E-state index is 0.0678. The second kappa shape index (κ2) is 9.59. The van der Waals surface area contributed by atoms with Crippen LogP contribution < -0.4 is 16.0 Å². The summed E-state index contributed by atoms with van der Waals surface area (Å²) in [5, 5.41) is 6.98. The molecule has 30 heavy (non-hydrogen) atoms. The van der Waals surface area contributed by atoms with Crippen molar-refractivity contribution in [1.29, 1.82) is 0 Å². The number of halogens is 2. The van der Waals surface area contributed by atoms with Gasteiger partial charge in [-0.1, -0.05) is 6.07 Å². The van der Waals surface area contributed by atoms with Crippen molar-refractivity contribution < 1.29 is 32.7 Å². The van der Waals surface area contributed by atoms with Gasteiger partial charge in [0.25, 0.3) is 5.91 Å². The topological polar surface area (TPSA) is 114 Å². The van der Waals surface area contributed by atoms with Gasteiger partial charge < -0.3 is 20.7 Å². The Balaban J connectivity index is 2.17. The Labute approximate surface area is 170 Å². The zero-order chi connectivity index (χ0) is 22.4. The second-order valence-corrected chi connectivity index (χ2v) is 6.29. The molecule has 1 unspecified atom stereocenters. The van der Waals surface area contributed by atoms with Gasteiger partial charge in [0.05, 0.1) is 5.56 Å². The van der Waals surface area contributed by atoms with Gasteiger partial charge >= 0.3 is 5.97 Å². The smallest absolute Gasteiger partial charge is 0.339 e. The third-order valence-corrected chi connectivity index (χ3v) is 3.67. The van der Waals surface area contributed by atoms with Crippen LogP contribution in [-0.2, 0) is 19.1 Å². The Hall–Kier alpha value is -3.82. The number of hydrogen-bond donors (Lipinski definition) is 3. The molecule has 0 bridgehead atoms. The lowest BCUT2D eigenvalue weighted by molar-refractivity contribution is -0.123. The molecule has 2 aromatic rings. The highest BCUT2D eigenvalue weighted by Gasteiger charge is 2.22. The largest absolute Gasteiger partial charge is 0.449 e. The molecule has 3 N–H and O–H groups in total. The first kappa shape index (κ1) is 22.5. The summed E-state index contributed by atoms with van der Waals surface area (Å²) < 4.78 is 32.4. The minimum Gasteiger partial charge on any atom is -0.449 e. The average molecular weight is 419 g/mol. The van der Waals surface area contributed by atoms with Crippen LogP contribution in [0.4, 0.5) is 25.8 Å². The van der Waals surface area contributed by atoms with Crippen molar-refractivity contribution in [3.63, 3.8) is 0 Å². The van der Waals surface area contributed by atoms with Crippen molar-refractivity contribution in [3.8, 4) is 0 Å². The van der Waals surface area contributed by atoms with Crippen LogP contribution in [-0.4, -0.2) is 29.8 Å². The van der Waals surface area contributed by atoms with Crippen LogP contribution in [0.25, 0.3) is 0 Å². The van der Waals surface area contributed by atoms with Crippen LogP contribution in [0.2, 0.25) is 0 Å². The van der Waals surface area contributed by atoms with E-state index in [0.717, 1.165) is 18.2 Å². The van der Waals surface area contributed by atoms with Crippen LogP contribution in [0.5, 0.6) is 0 Å². The Kier molecular flexibility index (Phi) is 7.18. The molecule has 0 saturated heterocycles. The van der Waals surface area contributed by atoms with E-state index < -0.39 is 47.1 Å². The molecule has 1 atom stereocenters. The van der Waals surface area contributed by atoms with Gasteiger partial charge in [0.1, 0.15) is 17.3 Å². The normalized spacial score (nSPS) is 11.2. The fourth-order valence-electron chi connectivity index (χ4n) is 2.42. The van der Waals surface area contributed by atoms with Gasteiger partial charge in [0.15, 0.2) is 6.10 Å². The fraction of sp³-hybridized carbons (Fsp3) is 0.200. The van der Waals surface area contributed by atoms with Crippen LogP contribution in [0, 0.1) is 11.6 Å². The highest BCUT2D eigenvalue weighted by atomic mass is 19.1. The average Bonchev–Trinajstić information content (AvgIpc) is 2.63. The van der Waals surface area contributed by atoms with Crippen LogP contribution in [0.1, 0.15) is 31.1 Å². The number of anilines is 3. The highest BCUT2D eigenvalue weighted by molar-refractivity contribution is 6.00. The summed E-state index contributed by atoms with van der Waals surface area (Å²) in [6.07, 6.45) is -1.40. The maximum absolute atomic E-state index is 13.7. The number of hydrogen-bond acceptors (Lipinski definition) is 5. The molecule has 0 spiro atoms. The van der Waals surface area contributed by atoms with Gasteiger partial charge in [-0.05, 0) is 37.3 Å². The first-order valence-electron chi connectivity index (χ1n) is 8.73. The molecule has 0 aromatic heterocycles. The van der Waals surface area contributed by atoms with E-state index in [1.54, 1.807) is 0 Å². The second-order valence-electron chi connectivity index (χ2n) is 6.29. The zero-order valence-electron chi connectivity index (χ0n) is 16.3. The van der Waals surface area contributed by atoms with Gasteiger partial charge in [-0.15, -0.1) is 0 Å². The number of rotatable bonds is 6. The molecule has 2 aromatic carbocycles. The Morgan fingerprint density at radius 1 is 0.867 bits per heavy atom. The molecule has 2 rings (SSSR count). The molecule has 158 valence electrons. The summed E-state index contributed by atoms with van der Waals surface area (Å²) in [6.45, 7) is 3.74. The number of ether oxygens (including phenoxy) is 1. The predicted molar refractivity (Wildman–Crippen MR) is 105 cm³/mol. The first-order chi connectivity index (χ1) is 14.1. The fourth-order valence-corrected chi connectivity index (χ4v) is 2.42. The van der Waals surface area contributed by atoms with Crippen LogP contribution >= 0.6 is 0 Å². The molecule has 3 amide bonds. The van der Waals surface area contributed by atoms with Crippen LogP contribution in [0.15, 0.2) is 36.4 Å². The number of amides is 3. The number of carbonyl (C=O) groups excluding carboxylic acids is 4. The number of nitrogens with one attached hydrogen (secondary N) is 3. The van der Waals surface area contributed by atoms with Gasteiger partial charge in [-0.3, -0.25) is 14.4 Å². The van der Waals surface area contributed by atoms with Crippen molar-refractivity contribution in [2.24, 2.45) is 0 Å². The zero-order valence-corrected chi connectivity index (χ0v) is 16.3. The summed E-state index contributed by atoms with van der Waals surface area (Å²) in [4.78, 5) is 47.2. The quantitative estimate of drug-likeness (QED) is 0.623. The number of para-hydroxylation sites is 1. The molecule has 0 heterocycles. The molecular weight excluding hydrogens is 400 g/mol. The van der Waals surface area contributed by atoms with E-state index in [-0.39, 0.29) is 16.9 Å². The molecule has 10 heteroatoms. The summed E-state index contributed by atoms with van der Waals surface area (Å²) >= 11 is 0. The number of benzene rings is 2. The van der Waals surface area contributed by atoms with Crippen molar-refractivity contribution >= 4 is 40.8 Å². The van der Waals surface area contributed by atoms with Crippen molar-refractivity contribution in [3.05, 3.63) is 53.6 Å². The van der Waals surface area contributed by atoms with Gasteiger partial charge in [-0.2, -0.15) is 0 Å². The summed E-state index contributed by atoms with van der Waals surface area (Å²) in [5.74, 6) is -4.68. The van der Waals surface area contributed by atoms with Gasteiger partial charge in [0, 0.05) is 25.2 Å². The molecule has 8 nitrogen and oxygen atoms in total. The van der Waals surface area contributed by atoms with E-state index >= 15 is 0 Å². The van der Waals surface area contributed by atoms with Gasteiger partial charge in [0.2, 0.25) is 11.8 Å². The Morgan fingerprint density at radius 2 is 1.37 bits per heavy atom. The molecule has 0 radical (unpaired) electrons. The van der Waals surface area contributed by atoms with Crippen molar-refractivity contribution in [1.82, 2.24) is 0 Å². The molecule has 0 aliphatic heterocycles. The van der Waals surface area contributed by atoms with Crippen molar-refractivity contribution in [2.45, 2.75) is 26.9 Å². The van der Waals surface area contributed by atoms with E-state index in [1.165, 1.54) is 39.0 Å². The van der Waals surface area contributed by atoms with E-state index in [2.05, 4.69) is 10.6 Å². The standard InChI is InChI=1S/C20H19F2N3O5/c1-10(19(28)25-18-16(21)5-4-6-17(18)22)30-20(29)13-7-14(23-11(2)26)9-15(8-13)24-12(3)27/h4-10H,1-3H3,(H,23,26)(H,24,27)(H,25,28). The van der Waals surface area contributed by atoms with E-state index in [0.29, 0.717) is 0 Å². The predicted octanol–water partition coefficient (Wildman–Crippen LogP) is 3.07. The van der Waals surface area contributed by atoms with Crippen molar-refractivity contribution in [2.75, 3.05) is 16.0 Å². The minimum atomic E-state index is -1.40. The molecular formula is C20H19F2N3O5. The van der Waals surface area contributed by atoms with E-state index in [1.807, 2.05) is 5.32 Å². The van der Waals surface area contributed by atoms with E-state index in [9.17, 15) is 28.0 Å². The monoisotopic (exact) mass is 419 g/mol. The molecule has 0 aliphatic rings. The van der Waals surface area contributed by atoms with Crippen LogP contribution in [0.3, 0.4) is 0 Å². The maximum Gasteiger partial charge on any atom is 0.339 e. The number of esters is 1. The van der Waals surface area contributed by atoms with E-state index in [4.69, 9.17) is 4.74 Å². The first-order valence-corrected chi connectivity index (χ1v) is 8.73. The third-order valence-electron chi connectivity index (χ3n) is 3.67. The number of carbonyl (C=O) groups is 4. The lowest BCUT2D eigenvalue weighted by atomic mass is 10.1. The summed E-state index contributed by atoms with van der Waals surface area (Å²) in [7, 11) is 0. The van der Waals surface area contributed by atoms with Gasteiger partial charge in [-0.25, -0.2) is 13.6 Å². The maximum atomic E-state index is 13.7. The summed E-state index contributed by atoms with van der Waals surface area (Å²) in [6, 6.07) is 7.07. The molecule has 0 fully saturated rings. The summed E-state index contributed by atoms with van der Waals surface area (Å²) in [5.41, 5.74) is -0.301. The molecule has 0 aliphatic carbocycles. The lowest BCUT2D eigenvalue weighted by Crippen LogP contribution is -2.30. The third kappa shape index (κ3) is 6.09. The molecule has 0 saturated carbocycles. The lowest BCUT2D eigenvalue weighted by Gasteiger charge is -2.15. The Bertz CT molecular complexity index is 955. The highest BCUT2D eigenvalue weighted by Crippen LogP contribution is 2.21.